The van der Waals surface area contributed by atoms with Crippen molar-refractivity contribution in [2.45, 2.75) is 11.4 Å². The maximum Gasteiger partial charge on any atom is 0.243 e. The summed E-state index contributed by atoms with van der Waals surface area (Å²) >= 11 is 5.89. The van der Waals surface area contributed by atoms with Crippen molar-refractivity contribution in [2.75, 3.05) is 32.7 Å². The molecule has 1 aliphatic rings. The van der Waals surface area contributed by atoms with Crippen LogP contribution in [0.15, 0.2) is 52.0 Å². The van der Waals surface area contributed by atoms with E-state index in [9.17, 15) is 13.2 Å². The minimum Gasteiger partial charge on any atom is -0.467 e. The van der Waals surface area contributed by atoms with Gasteiger partial charge in [0, 0.05) is 31.2 Å². The lowest BCUT2D eigenvalue weighted by atomic mass is 10.3. The molecule has 0 aliphatic carbocycles. The predicted octanol–water partition coefficient (Wildman–Crippen LogP) is 1.56. The van der Waals surface area contributed by atoms with Crippen LogP contribution in [0.3, 0.4) is 0 Å². The standard InChI is InChI=1S/C17H20ClN3O4S/c18-14-3-1-5-16(11-14)26(23,24)21-8-6-20(7-9-21)13-17(22)19-12-15-4-2-10-25-15/h1-5,10-11H,6-9,12-13H2,(H,19,22). The Kier molecular flexibility index (Phi) is 5.98. The molecule has 0 unspecified atom stereocenters. The summed E-state index contributed by atoms with van der Waals surface area (Å²) in [5.41, 5.74) is 0. The van der Waals surface area contributed by atoms with Crippen LogP contribution in [0.25, 0.3) is 0 Å². The van der Waals surface area contributed by atoms with Gasteiger partial charge in [0.1, 0.15) is 5.76 Å². The molecule has 3 rings (SSSR count). The molecule has 0 radical (unpaired) electrons. The van der Waals surface area contributed by atoms with Gasteiger partial charge in [0.2, 0.25) is 15.9 Å². The van der Waals surface area contributed by atoms with E-state index in [2.05, 4.69) is 5.32 Å². The summed E-state index contributed by atoms with van der Waals surface area (Å²) in [6, 6.07) is 9.80. The molecule has 1 fully saturated rings. The second kappa shape index (κ2) is 8.22. The average Bonchev–Trinajstić information content (AvgIpc) is 3.14. The number of hydrogen-bond acceptors (Lipinski definition) is 5. The lowest BCUT2D eigenvalue weighted by Gasteiger charge is -2.33. The highest BCUT2D eigenvalue weighted by Crippen LogP contribution is 2.20. The van der Waals surface area contributed by atoms with Crippen LogP contribution in [0.1, 0.15) is 5.76 Å². The number of carbonyl (C=O) groups excluding carboxylic acids is 1. The predicted molar refractivity (Wildman–Crippen MR) is 97.2 cm³/mol. The summed E-state index contributed by atoms with van der Waals surface area (Å²) in [7, 11) is -3.57. The van der Waals surface area contributed by atoms with Crippen LogP contribution in [0.2, 0.25) is 5.02 Å². The molecule has 7 nitrogen and oxygen atoms in total. The molecule has 1 aromatic carbocycles. The van der Waals surface area contributed by atoms with Gasteiger partial charge in [0.15, 0.2) is 0 Å². The molecular weight excluding hydrogens is 378 g/mol. The molecule has 140 valence electrons. The third-order valence-corrected chi connectivity index (χ3v) is 6.30. The SMILES string of the molecule is O=C(CN1CCN(S(=O)(=O)c2cccc(Cl)c2)CC1)NCc1ccco1. The number of carbonyl (C=O) groups is 1. The highest BCUT2D eigenvalue weighted by molar-refractivity contribution is 7.89. The number of rotatable bonds is 6. The molecule has 0 bridgehead atoms. The Morgan fingerprint density at radius 2 is 1.92 bits per heavy atom. The van der Waals surface area contributed by atoms with Crippen LogP contribution >= 0.6 is 11.6 Å². The van der Waals surface area contributed by atoms with Crippen molar-refractivity contribution in [3.05, 3.63) is 53.4 Å². The molecule has 1 aromatic heterocycles. The molecule has 1 aliphatic heterocycles. The first-order valence-electron chi connectivity index (χ1n) is 8.22. The molecule has 26 heavy (non-hydrogen) atoms. The number of sulfonamides is 1. The third-order valence-electron chi connectivity index (χ3n) is 4.17. The van der Waals surface area contributed by atoms with Gasteiger partial charge < -0.3 is 9.73 Å². The Labute approximate surface area is 157 Å². The molecule has 0 spiro atoms. The van der Waals surface area contributed by atoms with E-state index in [4.69, 9.17) is 16.0 Å². The first-order valence-corrected chi connectivity index (χ1v) is 10.0. The second-order valence-corrected chi connectivity index (χ2v) is 8.37. The normalized spacial score (nSPS) is 16.5. The van der Waals surface area contributed by atoms with Crippen LogP contribution in [0.5, 0.6) is 0 Å². The average molecular weight is 398 g/mol. The van der Waals surface area contributed by atoms with E-state index in [0.29, 0.717) is 43.5 Å². The summed E-state index contributed by atoms with van der Waals surface area (Å²) in [6.07, 6.45) is 1.56. The number of halogens is 1. The maximum absolute atomic E-state index is 12.7. The van der Waals surface area contributed by atoms with E-state index in [0.717, 1.165) is 0 Å². The monoisotopic (exact) mass is 397 g/mol. The fourth-order valence-electron chi connectivity index (χ4n) is 2.76. The van der Waals surface area contributed by atoms with Gasteiger partial charge in [-0.2, -0.15) is 4.31 Å². The number of hydrogen-bond donors (Lipinski definition) is 1. The van der Waals surface area contributed by atoms with E-state index in [1.54, 1.807) is 30.5 Å². The quantitative estimate of drug-likeness (QED) is 0.799. The zero-order valence-electron chi connectivity index (χ0n) is 14.1. The molecule has 0 saturated carbocycles. The summed E-state index contributed by atoms with van der Waals surface area (Å²) < 4.78 is 31.9. The topological polar surface area (TPSA) is 82.9 Å². The first kappa shape index (κ1) is 18.9. The van der Waals surface area contributed by atoms with Crippen molar-refractivity contribution in [2.24, 2.45) is 0 Å². The van der Waals surface area contributed by atoms with Crippen LogP contribution in [-0.2, 0) is 21.4 Å². The Morgan fingerprint density at radius 3 is 2.58 bits per heavy atom. The number of amides is 1. The van der Waals surface area contributed by atoms with Gasteiger partial charge in [0.25, 0.3) is 0 Å². The van der Waals surface area contributed by atoms with E-state index >= 15 is 0 Å². The molecule has 1 N–H and O–H groups in total. The number of furan rings is 1. The van der Waals surface area contributed by atoms with Crippen molar-refractivity contribution in [3.63, 3.8) is 0 Å². The first-order chi connectivity index (χ1) is 12.4. The van der Waals surface area contributed by atoms with Crippen molar-refractivity contribution in [3.8, 4) is 0 Å². The van der Waals surface area contributed by atoms with E-state index in [-0.39, 0.29) is 17.3 Å². The lowest BCUT2D eigenvalue weighted by molar-refractivity contribution is -0.122. The van der Waals surface area contributed by atoms with Gasteiger partial charge in [-0.1, -0.05) is 17.7 Å². The number of nitrogens with one attached hydrogen (secondary N) is 1. The van der Waals surface area contributed by atoms with Gasteiger partial charge in [0.05, 0.1) is 24.2 Å². The Morgan fingerprint density at radius 1 is 1.15 bits per heavy atom. The van der Waals surface area contributed by atoms with Crippen molar-refractivity contribution < 1.29 is 17.6 Å². The maximum atomic E-state index is 12.7. The zero-order chi connectivity index (χ0) is 18.6. The largest absolute Gasteiger partial charge is 0.467 e. The van der Waals surface area contributed by atoms with Crippen molar-refractivity contribution in [1.82, 2.24) is 14.5 Å². The molecule has 2 aromatic rings. The lowest BCUT2D eigenvalue weighted by Crippen LogP contribution is -2.50. The van der Waals surface area contributed by atoms with Gasteiger partial charge in [-0.25, -0.2) is 8.42 Å². The summed E-state index contributed by atoms with van der Waals surface area (Å²) in [5.74, 6) is 0.573. The summed E-state index contributed by atoms with van der Waals surface area (Å²) in [5, 5.41) is 3.17. The molecule has 0 atom stereocenters. The minimum absolute atomic E-state index is 0.118. The van der Waals surface area contributed by atoms with Crippen LogP contribution < -0.4 is 5.32 Å². The number of piperazine rings is 1. The van der Waals surface area contributed by atoms with Crippen LogP contribution in [0.4, 0.5) is 0 Å². The molecular formula is C17H20ClN3O4S. The summed E-state index contributed by atoms with van der Waals surface area (Å²) in [4.78, 5) is 14.1. The minimum atomic E-state index is -3.57. The van der Waals surface area contributed by atoms with E-state index in [1.165, 1.54) is 16.4 Å². The molecule has 1 amide bonds. The highest BCUT2D eigenvalue weighted by Gasteiger charge is 2.29. The van der Waals surface area contributed by atoms with E-state index < -0.39 is 10.0 Å². The summed E-state index contributed by atoms with van der Waals surface area (Å²) in [6.45, 7) is 2.23. The van der Waals surface area contributed by atoms with Crippen LogP contribution in [-0.4, -0.2) is 56.3 Å². The van der Waals surface area contributed by atoms with Crippen LogP contribution in [0, 0.1) is 0 Å². The van der Waals surface area contributed by atoms with Gasteiger partial charge in [-0.15, -0.1) is 0 Å². The van der Waals surface area contributed by atoms with Crippen molar-refractivity contribution in [1.29, 1.82) is 0 Å². The van der Waals surface area contributed by atoms with Gasteiger partial charge >= 0.3 is 0 Å². The van der Waals surface area contributed by atoms with E-state index in [1.807, 2.05) is 4.90 Å². The molecule has 9 heteroatoms. The highest BCUT2D eigenvalue weighted by atomic mass is 35.5. The Balaban J connectivity index is 1.50. The van der Waals surface area contributed by atoms with Gasteiger partial charge in [-0.3, -0.25) is 9.69 Å². The second-order valence-electron chi connectivity index (χ2n) is 5.99. The smallest absolute Gasteiger partial charge is 0.243 e. The molecule has 1 saturated heterocycles. The Hall–Kier alpha value is -1.87. The fraction of sp³-hybridized carbons (Fsp3) is 0.353. The number of nitrogens with zero attached hydrogens (tertiary/aromatic N) is 2. The molecule has 2 heterocycles. The zero-order valence-corrected chi connectivity index (χ0v) is 15.7. The number of benzene rings is 1. The fourth-order valence-corrected chi connectivity index (χ4v) is 4.49. The third kappa shape index (κ3) is 4.64. The van der Waals surface area contributed by atoms with Crippen molar-refractivity contribution >= 4 is 27.5 Å². The Bertz CT molecular complexity index is 847. The van der Waals surface area contributed by atoms with Gasteiger partial charge in [-0.05, 0) is 30.3 Å².